The summed E-state index contributed by atoms with van der Waals surface area (Å²) in [5.41, 5.74) is 0.994. The zero-order valence-corrected chi connectivity index (χ0v) is 8.86. The van der Waals surface area contributed by atoms with Crippen LogP contribution >= 0.6 is 0 Å². The number of fused-ring (bicyclic) bond motifs is 1. The van der Waals surface area contributed by atoms with Crippen molar-refractivity contribution in [3.05, 3.63) is 29.3 Å². The number of likely N-dealkylation sites (N-methyl/N-ethyl adjacent to an activating group) is 1. The van der Waals surface area contributed by atoms with Crippen LogP contribution < -0.4 is 10.6 Å². The maximum Gasteiger partial charge on any atom is 0.416 e. The third kappa shape index (κ3) is 2.00. The summed E-state index contributed by atoms with van der Waals surface area (Å²) in [5.74, 6) is 0.113. The van der Waals surface area contributed by atoms with Crippen LogP contribution in [0.15, 0.2) is 18.2 Å². The average Bonchev–Trinajstić information content (AvgIpc) is 2.60. The molecule has 1 aliphatic heterocycles. The van der Waals surface area contributed by atoms with E-state index >= 15 is 0 Å². The van der Waals surface area contributed by atoms with Crippen LogP contribution in [0.2, 0.25) is 0 Å². The zero-order valence-electron chi connectivity index (χ0n) is 8.86. The highest BCUT2D eigenvalue weighted by molar-refractivity contribution is 5.59. The second-order valence-electron chi connectivity index (χ2n) is 3.94. The van der Waals surface area contributed by atoms with E-state index in [2.05, 4.69) is 10.6 Å². The second kappa shape index (κ2) is 3.97. The third-order valence-corrected chi connectivity index (χ3v) is 2.81. The molecule has 0 spiro atoms. The molecule has 2 rings (SSSR count). The van der Waals surface area contributed by atoms with Crippen molar-refractivity contribution in [3.63, 3.8) is 0 Å². The van der Waals surface area contributed by atoms with E-state index in [0.29, 0.717) is 13.1 Å². The molecule has 5 heteroatoms. The van der Waals surface area contributed by atoms with Crippen molar-refractivity contribution >= 4 is 5.69 Å². The van der Waals surface area contributed by atoms with E-state index in [9.17, 15) is 13.2 Å². The van der Waals surface area contributed by atoms with Crippen LogP contribution in [0.5, 0.6) is 0 Å². The molecule has 16 heavy (non-hydrogen) atoms. The molecule has 0 saturated heterocycles. The van der Waals surface area contributed by atoms with Crippen molar-refractivity contribution in [2.45, 2.75) is 12.1 Å². The first kappa shape index (κ1) is 11.3. The highest BCUT2D eigenvalue weighted by atomic mass is 19.4. The molecule has 1 aliphatic rings. The Kier molecular flexibility index (Phi) is 2.80. The van der Waals surface area contributed by atoms with Gasteiger partial charge in [0.25, 0.3) is 0 Å². The molecule has 1 aromatic carbocycles. The van der Waals surface area contributed by atoms with Gasteiger partial charge < -0.3 is 10.6 Å². The van der Waals surface area contributed by atoms with Crippen LogP contribution in [0.3, 0.4) is 0 Å². The van der Waals surface area contributed by atoms with Crippen molar-refractivity contribution in [3.8, 4) is 0 Å². The SMILES string of the molecule is CNCC1CNc2ccc(C(F)(F)F)cc21. The molecule has 0 aromatic heterocycles. The summed E-state index contributed by atoms with van der Waals surface area (Å²) in [4.78, 5) is 0. The summed E-state index contributed by atoms with van der Waals surface area (Å²) >= 11 is 0. The third-order valence-electron chi connectivity index (χ3n) is 2.81. The van der Waals surface area contributed by atoms with Crippen LogP contribution in [-0.4, -0.2) is 20.1 Å². The molecule has 1 heterocycles. The van der Waals surface area contributed by atoms with Gasteiger partial charge in [-0.2, -0.15) is 13.2 Å². The van der Waals surface area contributed by atoms with E-state index in [1.165, 1.54) is 12.1 Å². The fraction of sp³-hybridized carbons (Fsp3) is 0.455. The summed E-state index contributed by atoms with van der Waals surface area (Å²) in [5, 5.41) is 6.09. The van der Waals surface area contributed by atoms with Crippen LogP contribution in [0.1, 0.15) is 17.0 Å². The second-order valence-corrected chi connectivity index (χ2v) is 3.94. The highest BCUT2D eigenvalue weighted by Crippen LogP contribution is 2.37. The molecule has 0 radical (unpaired) electrons. The topological polar surface area (TPSA) is 24.1 Å². The van der Waals surface area contributed by atoms with Crippen molar-refractivity contribution in [1.29, 1.82) is 0 Å². The molecule has 1 aromatic rings. The molecule has 0 amide bonds. The molecule has 2 N–H and O–H groups in total. The Hall–Kier alpha value is -1.23. The molecule has 88 valence electrons. The molecular formula is C11H13F3N2. The predicted octanol–water partition coefficient (Wildman–Crippen LogP) is 2.43. The Morgan fingerprint density at radius 3 is 2.81 bits per heavy atom. The lowest BCUT2D eigenvalue weighted by molar-refractivity contribution is -0.137. The lowest BCUT2D eigenvalue weighted by atomic mass is 9.99. The van der Waals surface area contributed by atoms with Crippen LogP contribution in [0, 0.1) is 0 Å². The maximum absolute atomic E-state index is 12.5. The van der Waals surface area contributed by atoms with Gasteiger partial charge in [0.2, 0.25) is 0 Å². The normalized spacial score (nSPS) is 19.4. The lowest BCUT2D eigenvalue weighted by Crippen LogP contribution is -2.18. The largest absolute Gasteiger partial charge is 0.416 e. The molecule has 0 bridgehead atoms. The van der Waals surface area contributed by atoms with Gasteiger partial charge >= 0.3 is 6.18 Å². The Balaban J connectivity index is 2.34. The first-order valence-corrected chi connectivity index (χ1v) is 5.12. The minimum absolute atomic E-state index is 0.113. The Bertz CT molecular complexity index is 385. The van der Waals surface area contributed by atoms with Gasteiger partial charge in [0.05, 0.1) is 5.56 Å². The van der Waals surface area contributed by atoms with Crippen LogP contribution in [0.4, 0.5) is 18.9 Å². The van der Waals surface area contributed by atoms with Crippen molar-refractivity contribution < 1.29 is 13.2 Å². The van der Waals surface area contributed by atoms with Gasteiger partial charge in [-0.1, -0.05) is 0 Å². The predicted molar refractivity (Wildman–Crippen MR) is 56.6 cm³/mol. The van der Waals surface area contributed by atoms with Gasteiger partial charge in [-0.25, -0.2) is 0 Å². The van der Waals surface area contributed by atoms with Crippen molar-refractivity contribution in [2.75, 3.05) is 25.5 Å². The van der Waals surface area contributed by atoms with Gasteiger partial charge in [0, 0.05) is 24.7 Å². The first-order chi connectivity index (χ1) is 7.52. The molecular weight excluding hydrogens is 217 g/mol. The van der Waals surface area contributed by atoms with Crippen molar-refractivity contribution in [1.82, 2.24) is 5.32 Å². The monoisotopic (exact) mass is 230 g/mol. The van der Waals surface area contributed by atoms with E-state index in [1.807, 2.05) is 0 Å². The van der Waals surface area contributed by atoms with Gasteiger partial charge in [0.15, 0.2) is 0 Å². The summed E-state index contributed by atoms with van der Waals surface area (Å²) in [7, 11) is 1.80. The van der Waals surface area contributed by atoms with Gasteiger partial charge in [-0.3, -0.25) is 0 Å². The molecule has 1 atom stereocenters. The summed E-state index contributed by atoms with van der Waals surface area (Å²) in [6.07, 6.45) is -4.26. The lowest BCUT2D eigenvalue weighted by Gasteiger charge is -2.12. The minimum Gasteiger partial charge on any atom is -0.384 e. The minimum atomic E-state index is -4.26. The molecule has 1 unspecified atom stereocenters. The fourth-order valence-electron chi connectivity index (χ4n) is 2.01. The molecule has 0 aliphatic carbocycles. The van der Waals surface area contributed by atoms with Crippen LogP contribution in [0.25, 0.3) is 0 Å². The quantitative estimate of drug-likeness (QED) is 0.815. The Labute approximate surface area is 91.8 Å². The number of nitrogens with one attached hydrogen (secondary N) is 2. The van der Waals surface area contributed by atoms with E-state index in [-0.39, 0.29) is 5.92 Å². The van der Waals surface area contributed by atoms with E-state index < -0.39 is 11.7 Å². The number of halogens is 3. The molecule has 2 nitrogen and oxygen atoms in total. The number of benzene rings is 1. The number of hydrogen-bond acceptors (Lipinski definition) is 2. The van der Waals surface area contributed by atoms with Crippen LogP contribution in [-0.2, 0) is 6.18 Å². The summed E-state index contributed by atoms with van der Waals surface area (Å²) < 4.78 is 37.6. The van der Waals surface area contributed by atoms with Gasteiger partial charge in [0.1, 0.15) is 0 Å². The first-order valence-electron chi connectivity index (χ1n) is 5.12. The summed E-state index contributed by atoms with van der Waals surface area (Å²) in [6.45, 7) is 1.37. The maximum atomic E-state index is 12.5. The Morgan fingerprint density at radius 2 is 2.19 bits per heavy atom. The smallest absolute Gasteiger partial charge is 0.384 e. The number of alkyl halides is 3. The van der Waals surface area contributed by atoms with Gasteiger partial charge in [-0.05, 0) is 30.8 Å². The Morgan fingerprint density at radius 1 is 1.44 bits per heavy atom. The van der Waals surface area contributed by atoms with Crippen molar-refractivity contribution in [2.24, 2.45) is 0 Å². The number of hydrogen-bond donors (Lipinski definition) is 2. The molecule has 0 saturated carbocycles. The van der Waals surface area contributed by atoms with E-state index in [0.717, 1.165) is 17.3 Å². The molecule has 0 fully saturated rings. The zero-order chi connectivity index (χ0) is 11.8. The van der Waals surface area contributed by atoms with Gasteiger partial charge in [-0.15, -0.1) is 0 Å². The van der Waals surface area contributed by atoms with E-state index in [4.69, 9.17) is 0 Å². The van der Waals surface area contributed by atoms with E-state index in [1.54, 1.807) is 7.05 Å². The fourth-order valence-corrected chi connectivity index (χ4v) is 2.01. The standard InChI is InChI=1S/C11H13F3N2/c1-15-5-7-6-16-10-3-2-8(4-9(7)10)11(12,13)14/h2-4,7,15-16H,5-6H2,1H3. The summed E-state index contributed by atoms with van der Waals surface area (Å²) in [6, 6.07) is 3.87. The number of anilines is 1. The average molecular weight is 230 g/mol. The highest BCUT2D eigenvalue weighted by Gasteiger charge is 2.32. The number of rotatable bonds is 2.